The molecule has 0 fully saturated rings. The normalized spacial score (nSPS) is 16.8. The summed E-state index contributed by atoms with van der Waals surface area (Å²) in [5.41, 5.74) is 7.67. The predicted molar refractivity (Wildman–Crippen MR) is 61.6 cm³/mol. The van der Waals surface area contributed by atoms with Crippen molar-refractivity contribution in [2.75, 3.05) is 0 Å². The Morgan fingerprint density at radius 2 is 2.20 bits per heavy atom. The van der Waals surface area contributed by atoms with Gasteiger partial charge in [-0.15, -0.1) is 0 Å². The number of aromatic amines is 1. The Morgan fingerprint density at radius 1 is 1.47 bits per heavy atom. The zero-order valence-electron chi connectivity index (χ0n) is 8.91. The number of nitrogens with zero attached hydrogens (tertiary/aromatic N) is 1. The van der Waals surface area contributed by atoms with Crippen molar-refractivity contribution in [2.45, 2.75) is 31.4 Å². The molecule has 1 aliphatic rings. The van der Waals surface area contributed by atoms with Gasteiger partial charge in [0, 0.05) is 17.1 Å². The maximum absolute atomic E-state index is 11.7. The van der Waals surface area contributed by atoms with Crippen LogP contribution in [0.25, 0.3) is 0 Å². The molecule has 0 aromatic carbocycles. The molecule has 1 atom stereocenters. The Bertz CT molecular complexity index is 427. The predicted octanol–water partition coefficient (Wildman–Crippen LogP) is 1.17. The van der Waals surface area contributed by atoms with E-state index in [1.165, 1.54) is 0 Å². The molecule has 82 valence electrons. The molecule has 1 unspecified atom stereocenters. The number of H-pyrrole nitrogens is 1. The van der Waals surface area contributed by atoms with Crippen LogP contribution in [0.5, 0.6) is 0 Å². The molecule has 5 heteroatoms. The number of hydrogen-bond acceptors (Lipinski definition) is 4. The van der Waals surface area contributed by atoms with Crippen LogP contribution in [0.3, 0.4) is 0 Å². The molecule has 0 radical (unpaired) electrons. The Morgan fingerprint density at radius 3 is 2.87 bits per heavy atom. The quantitative estimate of drug-likeness (QED) is 0.792. The van der Waals surface area contributed by atoms with Crippen LogP contribution in [0.2, 0.25) is 0 Å². The third-order valence-electron chi connectivity index (χ3n) is 2.64. The van der Waals surface area contributed by atoms with Crippen molar-refractivity contribution in [3.63, 3.8) is 0 Å². The van der Waals surface area contributed by atoms with Gasteiger partial charge < -0.3 is 10.7 Å². The van der Waals surface area contributed by atoms with Crippen molar-refractivity contribution in [1.82, 2.24) is 9.97 Å². The molecule has 15 heavy (non-hydrogen) atoms. The third kappa shape index (κ3) is 1.94. The highest BCUT2D eigenvalue weighted by molar-refractivity contribution is 7.98. The highest BCUT2D eigenvalue weighted by atomic mass is 32.2. The van der Waals surface area contributed by atoms with E-state index in [-0.39, 0.29) is 17.5 Å². The second-order valence-electron chi connectivity index (χ2n) is 4.14. The zero-order valence-corrected chi connectivity index (χ0v) is 9.73. The molecule has 0 saturated carbocycles. The molecule has 0 spiro atoms. The van der Waals surface area contributed by atoms with Crippen LogP contribution >= 0.6 is 11.8 Å². The molecule has 1 aromatic rings. The van der Waals surface area contributed by atoms with Crippen LogP contribution in [-0.4, -0.2) is 9.97 Å². The zero-order chi connectivity index (χ0) is 11.0. The minimum atomic E-state index is -0.186. The third-order valence-corrected chi connectivity index (χ3v) is 3.61. The van der Waals surface area contributed by atoms with Crippen LogP contribution < -0.4 is 11.3 Å². The Hall–Kier alpha value is -0.810. The van der Waals surface area contributed by atoms with Crippen LogP contribution in [0, 0.1) is 5.92 Å². The Labute approximate surface area is 92.7 Å². The fourth-order valence-corrected chi connectivity index (χ4v) is 2.59. The molecular formula is C10H15N3OS. The van der Waals surface area contributed by atoms with E-state index in [2.05, 4.69) is 9.97 Å². The van der Waals surface area contributed by atoms with Gasteiger partial charge in [-0.3, -0.25) is 4.79 Å². The molecule has 0 amide bonds. The second kappa shape index (κ2) is 3.98. The van der Waals surface area contributed by atoms with E-state index in [0.717, 1.165) is 22.8 Å². The lowest BCUT2D eigenvalue weighted by Crippen LogP contribution is -2.25. The number of rotatable bonds is 2. The van der Waals surface area contributed by atoms with E-state index < -0.39 is 0 Å². The molecule has 3 N–H and O–H groups in total. The first-order valence-corrected chi connectivity index (χ1v) is 6.20. The standard InChI is InChI=1S/C10H15N3OS/c1-5(2)8(11)9-12-7-4-15-3-6(7)10(14)13-9/h5,8H,3-4,11H2,1-2H3,(H,12,13,14). The van der Waals surface area contributed by atoms with Gasteiger partial charge in [0.1, 0.15) is 5.82 Å². The number of fused-ring (bicyclic) bond motifs is 1. The molecule has 1 aromatic heterocycles. The maximum Gasteiger partial charge on any atom is 0.255 e. The first-order chi connectivity index (χ1) is 7.09. The Balaban J connectivity index is 2.44. The van der Waals surface area contributed by atoms with Crippen molar-refractivity contribution in [2.24, 2.45) is 11.7 Å². The Kier molecular flexibility index (Phi) is 2.84. The van der Waals surface area contributed by atoms with Crippen molar-refractivity contribution >= 4 is 11.8 Å². The van der Waals surface area contributed by atoms with Gasteiger partial charge in [-0.2, -0.15) is 11.8 Å². The van der Waals surface area contributed by atoms with Gasteiger partial charge in [0.15, 0.2) is 0 Å². The summed E-state index contributed by atoms with van der Waals surface area (Å²) in [5.74, 6) is 2.50. The van der Waals surface area contributed by atoms with E-state index in [1.54, 1.807) is 11.8 Å². The smallest absolute Gasteiger partial charge is 0.255 e. The monoisotopic (exact) mass is 225 g/mol. The molecule has 0 aliphatic carbocycles. The van der Waals surface area contributed by atoms with Crippen LogP contribution in [-0.2, 0) is 11.5 Å². The van der Waals surface area contributed by atoms with E-state index in [4.69, 9.17) is 5.73 Å². The average Bonchev–Trinajstić information content (AvgIpc) is 2.64. The SMILES string of the molecule is CC(C)C(N)c1nc2c(c(=O)[nH]1)CSC2. The van der Waals surface area contributed by atoms with Crippen molar-refractivity contribution in [3.05, 3.63) is 27.4 Å². The summed E-state index contributed by atoms with van der Waals surface area (Å²) >= 11 is 1.72. The first-order valence-electron chi connectivity index (χ1n) is 5.05. The van der Waals surface area contributed by atoms with Crippen molar-refractivity contribution in [3.8, 4) is 0 Å². The fourth-order valence-electron chi connectivity index (χ4n) is 1.56. The number of nitrogens with two attached hydrogens (primary N) is 1. The summed E-state index contributed by atoms with van der Waals surface area (Å²) < 4.78 is 0. The topological polar surface area (TPSA) is 71.8 Å². The highest BCUT2D eigenvalue weighted by Crippen LogP contribution is 2.26. The summed E-state index contributed by atoms with van der Waals surface area (Å²) in [7, 11) is 0. The van der Waals surface area contributed by atoms with E-state index in [1.807, 2.05) is 13.8 Å². The van der Waals surface area contributed by atoms with Gasteiger partial charge in [0.25, 0.3) is 5.56 Å². The fraction of sp³-hybridized carbons (Fsp3) is 0.600. The summed E-state index contributed by atoms with van der Waals surface area (Å²) in [6.45, 7) is 4.04. The van der Waals surface area contributed by atoms with E-state index in [0.29, 0.717) is 5.82 Å². The van der Waals surface area contributed by atoms with Crippen molar-refractivity contribution in [1.29, 1.82) is 0 Å². The van der Waals surface area contributed by atoms with Crippen LogP contribution in [0.1, 0.15) is 37.0 Å². The molecule has 2 heterocycles. The minimum absolute atomic E-state index is 0.0175. The van der Waals surface area contributed by atoms with Crippen LogP contribution in [0.4, 0.5) is 0 Å². The number of aromatic nitrogens is 2. The van der Waals surface area contributed by atoms with E-state index >= 15 is 0 Å². The molecule has 0 saturated heterocycles. The highest BCUT2D eigenvalue weighted by Gasteiger charge is 2.20. The lowest BCUT2D eigenvalue weighted by Gasteiger charge is -2.15. The lowest BCUT2D eigenvalue weighted by molar-refractivity contribution is 0.487. The largest absolute Gasteiger partial charge is 0.321 e. The van der Waals surface area contributed by atoms with Crippen LogP contribution in [0.15, 0.2) is 4.79 Å². The van der Waals surface area contributed by atoms with Gasteiger partial charge in [-0.1, -0.05) is 13.8 Å². The second-order valence-corrected chi connectivity index (χ2v) is 5.12. The van der Waals surface area contributed by atoms with Gasteiger partial charge in [0.05, 0.1) is 11.7 Å². The summed E-state index contributed by atoms with van der Waals surface area (Å²) in [4.78, 5) is 18.9. The summed E-state index contributed by atoms with van der Waals surface area (Å²) in [6.07, 6.45) is 0. The molecule has 4 nitrogen and oxygen atoms in total. The van der Waals surface area contributed by atoms with Gasteiger partial charge in [-0.05, 0) is 5.92 Å². The van der Waals surface area contributed by atoms with Gasteiger partial charge in [-0.25, -0.2) is 4.98 Å². The van der Waals surface area contributed by atoms with Crippen molar-refractivity contribution < 1.29 is 0 Å². The molecule has 0 bridgehead atoms. The number of thioether (sulfide) groups is 1. The minimum Gasteiger partial charge on any atom is -0.321 e. The summed E-state index contributed by atoms with van der Waals surface area (Å²) in [6, 6.07) is -0.186. The summed E-state index contributed by atoms with van der Waals surface area (Å²) in [5, 5.41) is 0. The first kappa shape index (κ1) is 10.7. The molecule has 2 rings (SSSR count). The average molecular weight is 225 g/mol. The number of hydrogen-bond donors (Lipinski definition) is 2. The maximum atomic E-state index is 11.7. The molecular weight excluding hydrogens is 210 g/mol. The number of nitrogens with one attached hydrogen (secondary N) is 1. The van der Waals surface area contributed by atoms with E-state index in [9.17, 15) is 4.79 Å². The molecule has 1 aliphatic heterocycles. The van der Waals surface area contributed by atoms with Gasteiger partial charge in [0.2, 0.25) is 0 Å². The lowest BCUT2D eigenvalue weighted by atomic mass is 10.0. The van der Waals surface area contributed by atoms with Gasteiger partial charge >= 0.3 is 0 Å².